The van der Waals surface area contributed by atoms with E-state index in [0.29, 0.717) is 25.4 Å². The molecule has 0 fully saturated rings. The first-order chi connectivity index (χ1) is 13.8. The van der Waals surface area contributed by atoms with Gasteiger partial charge in [-0.3, -0.25) is 9.48 Å². The molecule has 7 nitrogen and oxygen atoms in total. The fraction of sp³-hybridized carbons (Fsp3) is 0.238. The molecule has 1 amide bonds. The number of carbonyl (C=O) groups excluding carboxylic acids is 1. The third-order valence-electron chi connectivity index (χ3n) is 4.93. The van der Waals surface area contributed by atoms with Crippen LogP contribution in [0.2, 0.25) is 0 Å². The van der Waals surface area contributed by atoms with Gasteiger partial charge in [0.1, 0.15) is 6.10 Å². The van der Waals surface area contributed by atoms with Gasteiger partial charge in [-0.05, 0) is 29.3 Å². The third-order valence-corrected chi connectivity index (χ3v) is 4.93. The molecule has 0 aliphatic carbocycles. The highest BCUT2D eigenvalue weighted by molar-refractivity contribution is 5.92. The highest BCUT2D eigenvalue weighted by atomic mass is 16.7. The molecule has 1 N–H and O–H groups in total. The van der Waals surface area contributed by atoms with Crippen molar-refractivity contribution in [3.05, 3.63) is 77.1 Å². The number of rotatable bonds is 4. The summed E-state index contributed by atoms with van der Waals surface area (Å²) in [6.07, 6.45) is -0.151. The van der Waals surface area contributed by atoms with Gasteiger partial charge in [0, 0.05) is 6.54 Å². The van der Waals surface area contributed by atoms with Gasteiger partial charge in [0.05, 0.1) is 18.8 Å². The number of ether oxygens (including phenoxy) is 3. The zero-order valence-electron chi connectivity index (χ0n) is 15.1. The van der Waals surface area contributed by atoms with Crippen molar-refractivity contribution in [1.82, 2.24) is 15.1 Å². The number of hydrogen-bond acceptors (Lipinski definition) is 5. The molecule has 1 aromatic heterocycles. The standard InChI is InChI=1S/C21H19N3O4/c25-21(22-10-14-4-2-1-3-5-14)17-9-16-12-26-20(11-24(16)23-17)15-6-7-18-19(8-15)28-13-27-18/h1-9,20H,10-13H2,(H,22,25). The van der Waals surface area contributed by atoms with Crippen LogP contribution < -0.4 is 14.8 Å². The minimum atomic E-state index is -0.189. The molecule has 0 spiro atoms. The molecule has 0 bridgehead atoms. The van der Waals surface area contributed by atoms with Crippen molar-refractivity contribution in [2.24, 2.45) is 0 Å². The molecule has 3 aromatic rings. The number of amides is 1. The van der Waals surface area contributed by atoms with Gasteiger partial charge in [-0.1, -0.05) is 36.4 Å². The lowest BCUT2D eigenvalue weighted by Crippen LogP contribution is -2.24. The van der Waals surface area contributed by atoms with Crippen molar-refractivity contribution in [2.75, 3.05) is 6.79 Å². The highest BCUT2D eigenvalue weighted by Gasteiger charge is 2.25. The average molecular weight is 377 g/mol. The van der Waals surface area contributed by atoms with Crippen molar-refractivity contribution >= 4 is 5.91 Å². The van der Waals surface area contributed by atoms with Gasteiger partial charge < -0.3 is 19.5 Å². The lowest BCUT2D eigenvalue weighted by Gasteiger charge is -2.24. The summed E-state index contributed by atoms with van der Waals surface area (Å²) >= 11 is 0. The van der Waals surface area contributed by atoms with Crippen molar-refractivity contribution in [3.63, 3.8) is 0 Å². The zero-order chi connectivity index (χ0) is 18.9. The quantitative estimate of drug-likeness (QED) is 0.757. The van der Waals surface area contributed by atoms with E-state index in [-0.39, 0.29) is 18.8 Å². The summed E-state index contributed by atoms with van der Waals surface area (Å²) in [7, 11) is 0. The molecular weight excluding hydrogens is 358 g/mol. The van der Waals surface area contributed by atoms with E-state index in [1.165, 1.54) is 0 Å². The molecule has 5 rings (SSSR count). The molecule has 2 aliphatic heterocycles. The fourth-order valence-electron chi connectivity index (χ4n) is 3.42. The predicted octanol–water partition coefficient (Wildman–Crippen LogP) is 2.81. The first-order valence-corrected chi connectivity index (χ1v) is 9.16. The number of nitrogens with one attached hydrogen (secondary N) is 1. The van der Waals surface area contributed by atoms with E-state index in [1.807, 2.05) is 53.2 Å². The molecule has 0 saturated heterocycles. The Kier molecular flexibility index (Phi) is 4.21. The van der Waals surface area contributed by atoms with Crippen molar-refractivity contribution in [1.29, 1.82) is 0 Å². The summed E-state index contributed by atoms with van der Waals surface area (Å²) in [5.41, 5.74) is 3.34. The van der Waals surface area contributed by atoms with E-state index in [1.54, 1.807) is 6.07 Å². The molecule has 0 radical (unpaired) electrons. The van der Waals surface area contributed by atoms with E-state index in [2.05, 4.69) is 10.4 Å². The topological polar surface area (TPSA) is 74.6 Å². The monoisotopic (exact) mass is 377 g/mol. The largest absolute Gasteiger partial charge is 0.454 e. The molecular formula is C21H19N3O4. The van der Waals surface area contributed by atoms with Gasteiger partial charge in [-0.2, -0.15) is 5.10 Å². The second-order valence-electron chi connectivity index (χ2n) is 6.78. The van der Waals surface area contributed by atoms with Gasteiger partial charge in [-0.15, -0.1) is 0 Å². The zero-order valence-corrected chi connectivity index (χ0v) is 15.1. The van der Waals surface area contributed by atoms with Gasteiger partial charge >= 0.3 is 0 Å². The third kappa shape index (κ3) is 3.20. The highest BCUT2D eigenvalue weighted by Crippen LogP contribution is 2.36. The maximum Gasteiger partial charge on any atom is 0.272 e. The van der Waals surface area contributed by atoms with E-state index in [0.717, 1.165) is 28.3 Å². The second kappa shape index (κ2) is 7.01. The first kappa shape index (κ1) is 16.8. The maximum atomic E-state index is 12.5. The predicted molar refractivity (Wildman–Crippen MR) is 99.9 cm³/mol. The van der Waals surface area contributed by atoms with Crippen molar-refractivity contribution < 1.29 is 19.0 Å². The number of hydrogen-bond donors (Lipinski definition) is 1. The second-order valence-corrected chi connectivity index (χ2v) is 6.78. The minimum Gasteiger partial charge on any atom is -0.454 e. The van der Waals surface area contributed by atoms with Crippen LogP contribution in [-0.2, 0) is 24.4 Å². The van der Waals surface area contributed by atoms with Crippen LogP contribution in [0, 0.1) is 0 Å². The van der Waals surface area contributed by atoms with Crippen LogP contribution >= 0.6 is 0 Å². The van der Waals surface area contributed by atoms with Gasteiger partial charge in [0.15, 0.2) is 17.2 Å². The lowest BCUT2D eigenvalue weighted by atomic mass is 10.1. The number of nitrogens with zero attached hydrogens (tertiary/aromatic N) is 2. The van der Waals surface area contributed by atoms with Crippen LogP contribution in [0.3, 0.4) is 0 Å². The Hall–Kier alpha value is -3.32. The summed E-state index contributed by atoms with van der Waals surface area (Å²) in [6.45, 7) is 1.66. The van der Waals surface area contributed by atoms with Crippen LogP contribution in [0.1, 0.15) is 33.4 Å². The molecule has 142 valence electrons. The lowest BCUT2D eigenvalue weighted by molar-refractivity contribution is -0.00128. The summed E-state index contributed by atoms with van der Waals surface area (Å²) in [4.78, 5) is 12.5. The molecule has 3 heterocycles. The molecule has 2 aromatic carbocycles. The average Bonchev–Trinajstić information content (AvgIpc) is 3.38. The Morgan fingerprint density at radius 2 is 1.96 bits per heavy atom. The molecule has 28 heavy (non-hydrogen) atoms. The number of carbonyl (C=O) groups is 1. The van der Waals surface area contributed by atoms with Crippen LogP contribution in [0.5, 0.6) is 11.5 Å². The van der Waals surface area contributed by atoms with Crippen LogP contribution in [0.25, 0.3) is 0 Å². The Morgan fingerprint density at radius 3 is 2.86 bits per heavy atom. The van der Waals surface area contributed by atoms with E-state index in [9.17, 15) is 4.79 Å². The van der Waals surface area contributed by atoms with Gasteiger partial charge in [0.2, 0.25) is 6.79 Å². The van der Waals surface area contributed by atoms with E-state index in [4.69, 9.17) is 14.2 Å². The van der Waals surface area contributed by atoms with Crippen LogP contribution in [0.4, 0.5) is 0 Å². The molecule has 1 atom stereocenters. The number of fused-ring (bicyclic) bond motifs is 2. The van der Waals surface area contributed by atoms with E-state index < -0.39 is 0 Å². The summed E-state index contributed by atoms with van der Waals surface area (Å²) in [6, 6.07) is 17.4. The normalized spacial score (nSPS) is 17.2. The van der Waals surface area contributed by atoms with Crippen molar-refractivity contribution in [3.8, 4) is 11.5 Å². The molecule has 2 aliphatic rings. The minimum absolute atomic E-state index is 0.151. The van der Waals surface area contributed by atoms with Gasteiger partial charge in [0.25, 0.3) is 5.91 Å². The summed E-state index contributed by atoms with van der Waals surface area (Å²) < 4.78 is 18.6. The fourth-order valence-corrected chi connectivity index (χ4v) is 3.42. The van der Waals surface area contributed by atoms with Crippen LogP contribution in [0.15, 0.2) is 54.6 Å². The first-order valence-electron chi connectivity index (χ1n) is 9.16. The number of benzene rings is 2. The molecule has 1 unspecified atom stereocenters. The summed E-state index contributed by atoms with van der Waals surface area (Å²) in [5, 5.41) is 7.39. The van der Waals surface area contributed by atoms with Crippen LogP contribution in [-0.4, -0.2) is 22.5 Å². The Balaban J connectivity index is 1.28. The van der Waals surface area contributed by atoms with Crippen molar-refractivity contribution in [2.45, 2.75) is 25.8 Å². The smallest absolute Gasteiger partial charge is 0.272 e. The molecule has 7 heteroatoms. The SMILES string of the molecule is O=C(NCc1ccccc1)c1cc2n(n1)CC(c1ccc3c(c1)OCO3)OC2. The Morgan fingerprint density at radius 1 is 1.11 bits per heavy atom. The Bertz CT molecular complexity index is 1020. The van der Waals surface area contributed by atoms with Gasteiger partial charge in [-0.25, -0.2) is 0 Å². The van der Waals surface area contributed by atoms with E-state index >= 15 is 0 Å². The maximum absolute atomic E-state index is 12.5. The number of aromatic nitrogens is 2. The summed E-state index contributed by atoms with van der Waals surface area (Å²) in [5.74, 6) is 1.29. The Labute approximate surface area is 161 Å². The molecule has 0 saturated carbocycles.